The number of methoxy groups -OCH3 is 2. The lowest BCUT2D eigenvalue weighted by Gasteiger charge is -2.39. The molecule has 36 heavy (non-hydrogen) atoms. The fourth-order valence-corrected chi connectivity index (χ4v) is 4.54. The van der Waals surface area contributed by atoms with Gasteiger partial charge in [-0.2, -0.15) is 5.10 Å². The van der Waals surface area contributed by atoms with Crippen molar-refractivity contribution in [1.82, 2.24) is 15.2 Å². The summed E-state index contributed by atoms with van der Waals surface area (Å²) < 4.78 is 10.6. The second-order valence-corrected chi connectivity index (χ2v) is 8.75. The van der Waals surface area contributed by atoms with Crippen LogP contribution in [0.3, 0.4) is 0 Å². The van der Waals surface area contributed by atoms with E-state index >= 15 is 0 Å². The lowest BCUT2D eigenvalue weighted by molar-refractivity contribution is -0.121. The standard InChI is InChI=1S/C29H34N4O3/c1-35-26-14-13-25(27(21-26)36-2)22-30-31-28(34)15-16-32-17-19-33(20-18-32)29(23-9-5-3-6-10-23)24-11-7-4-8-12-24/h3-14,21-22,29H,15-20H2,1-2H3,(H,31,34). The first kappa shape index (κ1) is 25.4. The first-order valence-electron chi connectivity index (χ1n) is 12.3. The summed E-state index contributed by atoms with van der Waals surface area (Å²) in [7, 11) is 3.19. The summed E-state index contributed by atoms with van der Waals surface area (Å²) in [6.07, 6.45) is 1.99. The zero-order valence-corrected chi connectivity index (χ0v) is 21.0. The maximum Gasteiger partial charge on any atom is 0.241 e. The van der Waals surface area contributed by atoms with Gasteiger partial charge in [-0.1, -0.05) is 60.7 Å². The SMILES string of the molecule is COc1ccc(C=NNC(=O)CCN2CCN(C(c3ccccc3)c3ccccc3)CC2)c(OC)c1. The predicted octanol–water partition coefficient (Wildman–Crippen LogP) is 3.95. The van der Waals surface area contributed by atoms with Crippen LogP contribution in [0, 0.1) is 0 Å². The van der Waals surface area contributed by atoms with Crippen LogP contribution in [-0.4, -0.2) is 68.9 Å². The lowest BCUT2D eigenvalue weighted by Crippen LogP contribution is -2.48. The summed E-state index contributed by atoms with van der Waals surface area (Å²) in [5, 5.41) is 4.10. The average molecular weight is 487 g/mol. The van der Waals surface area contributed by atoms with Crippen molar-refractivity contribution >= 4 is 12.1 Å². The minimum absolute atomic E-state index is 0.104. The number of hydrazone groups is 1. The van der Waals surface area contributed by atoms with Gasteiger partial charge in [0.25, 0.3) is 0 Å². The summed E-state index contributed by atoms with van der Waals surface area (Å²) in [5.41, 5.74) is 6.01. The Bertz CT molecular complexity index is 1090. The van der Waals surface area contributed by atoms with E-state index in [1.807, 2.05) is 12.1 Å². The van der Waals surface area contributed by atoms with E-state index in [4.69, 9.17) is 9.47 Å². The molecule has 7 heteroatoms. The molecule has 1 saturated heterocycles. The topological polar surface area (TPSA) is 66.4 Å². The van der Waals surface area contributed by atoms with E-state index in [0.717, 1.165) is 31.7 Å². The highest BCUT2D eigenvalue weighted by molar-refractivity contribution is 5.85. The van der Waals surface area contributed by atoms with Gasteiger partial charge in [0.15, 0.2) is 0 Å². The van der Waals surface area contributed by atoms with Crippen molar-refractivity contribution in [2.75, 3.05) is 46.9 Å². The zero-order chi connectivity index (χ0) is 25.2. The van der Waals surface area contributed by atoms with Crippen molar-refractivity contribution in [1.29, 1.82) is 0 Å². The molecule has 4 rings (SSSR count). The number of carbonyl (C=O) groups excluding carboxylic acids is 1. The van der Waals surface area contributed by atoms with Gasteiger partial charge in [-0.25, -0.2) is 5.43 Å². The van der Waals surface area contributed by atoms with E-state index in [-0.39, 0.29) is 11.9 Å². The molecule has 0 saturated carbocycles. The molecule has 1 N–H and O–H groups in total. The molecule has 1 amide bonds. The molecule has 3 aromatic rings. The van der Waals surface area contributed by atoms with Gasteiger partial charge in [0, 0.05) is 50.8 Å². The van der Waals surface area contributed by atoms with Crippen LogP contribution in [0.4, 0.5) is 0 Å². The molecule has 0 aliphatic carbocycles. The number of amides is 1. The van der Waals surface area contributed by atoms with Crippen LogP contribution in [0.1, 0.15) is 29.2 Å². The second kappa shape index (κ2) is 12.9. The Kier molecular flexibility index (Phi) is 9.08. The molecular formula is C29H34N4O3. The second-order valence-electron chi connectivity index (χ2n) is 8.75. The molecule has 0 atom stereocenters. The van der Waals surface area contributed by atoms with Crippen LogP contribution >= 0.6 is 0 Å². The monoisotopic (exact) mass is 486 g/mol. The van der Waals surface area contributed by atoms with Gasteiger partial charge < -0.3 is 14.4 Å². The maximum atomic E-state index is 12.4. The van der Waals surface area contributed by atoms with Crippen molar-refractivity contribution < 1.29 is 14.3 Å². The first-order valence-corrected chi connectivity index (χ1v) is 12.3. The summed E-state index contributed by atoms with van der Waals surface area (Å²) in [6.45, 7) is 4.46. The number of nitrogens with one attached hydrogen (secondary N) is 1. The largest absolute Gasteiger partial charge is 0.497 e. The van der Waals surface area contributed by atoms with Gasteiger partial charge in [0.2, 0.25) is 5.91 Å². The van der Waals surface area contributed by atoms with E-state index in [0.29, 0.717) is 24.5 Å². The number of piperazine rings is 1. The fourth-order valence-electron chi connectivity index (χ4n) is 4.54. The fraction of sp³-hybridized carbons (Fsp3) is 0.310. The Morgan fingerprint density at radius 2 is 1.56 bits per heavy atom. The number of carbonyl (C=O) groups is 1. The van der Waals surface area contributed by atoms with Crippen LogP contribution in [0.5, 0.6) is 11.5 Å². The Hall–Kier alpha value is -3.68. The zero-order valence-electron chi connectivity index (χ0n) is 21.0. The summed E-state index contributed by atoms with van der Waals surface area (Å²) in [5.74, 6) is 1.23. The summed E-state index contributed by atoms with van der Waals surface area (Å²) in [6, 6.07) is 27.0. The molecule has 0 radical (unpaired) electrons. The Morgan fingerprint density at radius 1 is 0.917 bits per heavy atom. The van der Waals surface area contributed by atoms with Gasteiger partial charge in [-0.05, 0) is 23.3 Å². The molecule has 1 aliphatic rings. The van der Waals surface area contributed by atoms with Crippen molar-refractivity contribution in [3.05, 3.63) is 95.6 Å². The number of rotatable bonds is 10. The number of nitrogens with zero attached hydrogens (tertiary/aromatic N) is 3. The van der Waals surface area contributed by atoms with Gasteiger partial charge in [-0.15, -0.1) is 0 Å². The van der Waals surface area contributed by atoms with Crippen molar-refractivity contribution in [3.63, 3.8) is 0 Å². The molecule has 0 aromatic heterocycles. The van der Waals surface area contributed by atoms with Crippen molar-refractivity contribution in [2.24, 2.45) is 5.10 Å². The lowest BCUT2D eigenvalue weighted by atomic mass is 9.96. The normalized spacial score (nSPS) is 14.8. The molecular weight excluding hydrogens is 452 g/mol. The van der Waals surface area contributed by atoms with E-state index in [1.54, 1.807) is 26.5 Å². The third kappa shape index (κ3) is 6.71. The third-order valence-electron chi connectivity index (χ3n) is 6.49. The third-order valence-corrected chi connectivity index (χ3v) is 6.49. The molecule has 0 spiro atoms. The van der Waals surface area contributed by atoms with E-state index < -0.39 is 0 Å². The minimum Gasteiger partial charge on any atom is -0.497 e. The van der Waals surface area contributed by atoms with Crippen molar-refractivity contribution in [3.8, 4) is 11.5 Å². The first-order chi connectivity index (χ1) is 17.7. The molecule has 0 unspecified atom stereocenters. The highest BCUT2D eigenvalue weighted by Gasteiger charge is 2.26. The highest BCUT2D eigenvalue weighted by Crippen LogP contribution is 2.29. The van der Waals surface area contributed by atoms with Gasteiger partial charge >= 0.3 is 0 Å². The van der Waals surface area contributed by atoms with E-state index in [2.05, 4.69) is 81.0 Å². The minimum atomic E-state index is -0.104. The molecule has 0 bridgehead atoms. The maximum absolute atomic E-state index is 12.4. The van der Waals surface area contributed by atoms with Crippen LogP contribution in [0.2, 0.25) is 0 Å². The molecule has 7 nitrogen and oxygen atoms in total. The summed E-state index contributed by atoms with van der Waals surface area (Å²) in [4.78, 5) is 17.2. The Morgan fingerprint density at radius 3 is 2.14 bits per heavy atom. The Labute approximate surface area is 213 Å². The molecule has 1 heterocycles. The number of benzene rings is 3. The van der Waals surface area contributed by atoms with Crippen LogP contribution in [0.25, 0.3) is 0 Å². The van der Waals surface area contributed by atoms with Crippen LogP contribution < -0.4 is 14.9 Å². The van der Waals surface area contributed by atoms with E-state index in [1.165, 1.54) is 11.1 Å². The van der Waals surface area contributed by atoms with Crippen molar-refractivity contribution in [2.45, 2.75) is 12.5 Å². The van der Waals surface area contributed by atoms with Gasteiger partial charge in [-0.3, -0.25) is 9.69 Å². The molecule has 1 fully saturated rings. The molecule has 3 aromatic carbocycles. The van der Waals surface area contributed by atoms with Crippen LogP contribution in [-0.2, 0) is 4.79 Å². The quantitative estimate of drug-likeness (QED) is 0.347. The average Bonchev–Trinajstić information content (AvgIpc) is 2.94. The smallest absolute Gasteiger partial charge is 0.241 e. The van der Waals surface area contributed by atoms with E-state index in [9.17, 15) is 4.79 Å². The number of hydrogen-bond donors (Lipinski definition) is 1. The van der Waals surface area contributed by atoms with Gasteiger partial charge in [0.05, 0.1) is 26.5 Å². The molecule has 1 aliphatic heterocycles. The van der Waals surface area contributed by atoms with Crippen LogP contribution in [0.15, 0.2) is 84.0 Å². The summed E-state index contributed by atoms with van der Waals surface area (Å²) >= 11 is 0. The number of hydrogen-bond acceptors (Lipinski definition) is 6. The highest BCUT2D eigenvalue weighted by atomic mass is 16.5. The molecule has 188 valence electrons. The predicted molar refractivity (Wildman–Crippen MR) is 143 cm³/mol. The number of ether oxygens (including phenoxy) is 2. The Balaban J connectivity index is 1.26. The van der Waals surface area contributed by atoms with Gasteiger partial charge in [0.1, 0.15) is 11.5 Å².